The van der Waals surface area contributed by atoms with Crippen LogP contribution in [-0.4, -0.2) is 22.8 Å². The van der Waals surface area contributed by atoms with E-state index in [0.29, 0.717) is 11.5 Å². The number of ketones is 1. The zero-order valence-corrected chi connectivity index (χ0v) is 15.5. The average molecular weight is 358 g/mol. The van der Waals surface area contributed by atoms with Gasteiger partial charge in [-0.3, -0.25) is 4.79 Å². The van der Waals surface area contributed by atoms with E-state index in [2.05, 4.69) is 39.9 Å². The summed E-state index contributed by atoms with van der Waals surface area (Å²) in [6, 6.07) is 17.9. The molecule has 0 saturated carbocycles. The molecule has 0 bridgehead atoms. The summed E-state index contributed by atoms with van der Waals surface area (Å²) in [5, 5.41) is 6.49. The first-order valence-corrected chi connectivity index (χ1v) is 9.17. The Morgan fingerprint density at radius 2 is 1.78 bits per heavy atom. The van der Waals surface area contributed by atoms with Crippen LogP contribution in [0.2, 0.25) is 0 Å². The van der Waals surface area contributed by atoms with Crippen molar-refractivity contribution < 1.29 is 4.79 Å². The summed E-state index contributed by atoms with van der Waals surface area (Å²) in [5.74, 6) is 1.79. The molecule has 0 amide bonds. The van der Waals surface area contributed by atoms with Crippen LogP contribution in [0.15, 0.2) is 54.6 Å². The lowest BCUT2D eigenvalue weighted by Gasteiger charge is -2.15. The van der Waals surface area contributed by atoms with Crippen molar-refractivity contribution in [1.82, 2.24) is 9.97 Å². The molecule has 1 aromatic heterocycles. The lowest BCUT2D eigenvalue weighted by molar-refractivity contribution is 0.101. The topological polar surface area (TPSA) is 66.9 Å². The number of benzene rings is 2. The Morgan fingerprint density at radius 3 is 2.44 bits per heavy atom. The quantitative estimate of drug-likeness (QED) is 0.655. The van der Waals surface area contributed by atoms with Crippen molar-refractivity contribution in [1.29, 1.82) is 0 Å². The Balaban J connectivity index is 1.68. The molecule has 0 radical (unpaired) electrons. The van der Waals surface area contributed by atoms with E-state index in [-0.39, 0.29) is 11.7 Å². The largest absolute Gasteiger partial charge is 0.373 e. The number of carbonyl (C=O) groups is 1. The summed E-state index contributed by atoms with van der Waals surface area (Å²) in [4.78, 5) is 20.9. The zero-order valence-electron chi connectivity index (χ0n) is 15.5. The molecule has 1 aliphatic rings. The maximum atomic E-state index is 11.4. The van der Waals surface area contributed by atoms with E-state index in [9.17, 15) is 4.79 Å². The normalized spacial score (nSPS) is 15.3. The number of aromatic nitrogens is 2. The van der Waals surface area contributed by atoms with Crippen LogP contribution in [0.25, 0.3) is 0 Å². The third kappa shape index (κ3) is 3.40. The Hall–Kier alpha value is -3.21. The number of nitrogens with zero attached hydrogens (tertiary/aromatic N) is 2. The molecule has 1 unspecified atom stereocenters. The summed E-state index contributed by atoms with van der Waals surface area (Å²) in [6.07, 6.45) is 2.01. The fourth-order valence-corrected chi connectivity index (χ4v) is 3.65. The maximum absolute atomic E-state index is 11.4. The Bertz CT molecular complexity index is 968. The molecule has 5 nitrogen and oxygen atoms in total. The molecule has 0 saturated heterocycles. The fourth-order valence-electron chi connectivity index (χ4n) is 3.65. The van der Waals surface area contributed by atoms with Crippen LogP contribution in [0.5, 0.6) is 0 Å². The Labute approximate surface area is 158 Å². The summed E-state index contributed by atoms with van der Waals surface area (Å²) in [7, 11) is 1.89. The average Bonchev–Trinajstić information content (AvgIpc) is 3.12. The predicted molar refractivity (Wildman–Crippen MR) is 108 cm³/mol. The van der Waals surface area contributed by atoms with Gasteiger partial charge in [0.05, 0.1) is 5.69 Å². The monoisotopic (exact) mass is 358 g/mol. The van der Waals surface area contributed by atoms with Gasteiger partial charge in [0, 0.05) is 29.8 Å². The highest BCUT2D eigenvalue weighted by molar-refractivity contribution is 5.94. The SMILES string of the molecule is CNc1nc(Nc2ccc(C(C)=O)cc2)nc2c1CCC2c1ccccc1. The first kappa shape index (κ1) is 17.2. The van der Waals surface area contributed by atoms with Crippen molar-refractivity contribution in [3.8, 4) is 0 Å². The first-order chi connectivity index (χ1) is 13.2. The molecular weight excluding hydrogens is 336 g/mol. The van der Waals surface area contributed by atoms with E-state index >= 15 is 0 Å². The molecule has 136 valence electrons. The second kappa shape index (κ2) is 7.19. The number of hydrogen-bond acceptors (Lipinski definition) is 5. The molecule has 0 fully saturated rings. The van der Waals surface area contributed by atoms with Gasteiger partial charge in [0.2, 0.25) is 5.95 Å². The van der Waals surface area contributed by atoms with E-state index in [1.54, 1.807) is 6.92 Å². The molecule has 1 atom stereocenters. The maximum Gasteiger partial charge on any atom is 0.229 e. The van der Waals surface area contributed by atoms with E-state index in [1.165, 1.54) is 11.1 Å². The minimum Gasteiger partial charge on any atom is -0.373 e. The van der Waals surface area contributed by atoms with Gasteiger partial charge in [0.15, 0.2) is 5.78 Å². The van der Waals surface area contributed by atoms with Gasteiger partial charge >= 0.3 is 0 Å². The smallest absolute Gasteiger partial charge is 0.229 e. The van der Waals surface area contributed by atoms with Gasteiger partial charge in [-0.05, 0) is 49.6 Å². The van der Waals surface area contributed by atoms with Gasteiger partial charge in [0.1, 0.15) is 5.82 Å². The van der Waals surface area contributed by atoms with Crippen LogP contribution in [0, 0.1) is 0 Å². The molecule has 5 heteroatoms. The number of carbonyl (C=O) groups excluding carboxylic acids is 1. The number of anilines is 3. The standard InChI is InChI=1S/C22H22N4O/c1-14(27)15-8-10-17(11-9-15)24-22-25-20-18(16-6-4-3-5-7-16)12-13-19(20)21(23-2)26-22/h3-11,18H,12-13H2,1-2H3,(H2,23,24,25,26). The van der Waals surface area contributed by atoms with E-state index in [0.717, 1.165) is 30.0 Å². The Kier molecular flexibility index (Phi) is 4.59. The molecule has 2 aromatic carbocycles. The van der Waals surface area contributed by atoms with Gasteiger partial charge in [-0.2, -0.15) is 4.98 Å². The molecule has 2 N–H and O–H groups in total. The lowest BCUT2D eigenvalue weighted by Crippen LogP contribution is -2.08. The molecule has 1 aliphatic carbocycles. The Morgan fingerprint density at radius 1 is 1.04 bits per heavy atom. The van der Waals surface area contributed by atoms with Crippen LogP contribution in [0.4, 0.5) is 17.5 Å². The number of fused-ring (bicyclic) bond motifs is 1. The van der Waals surface area contributed by atoms with Crippen LogP contribution >= 0.6 is 0 Å². The van der Waals surface area contributed by atoms with Crippen molar-refractivity contribution in [3.63, 3.8) is 0 Å². The van der Waals surface area contributed by atoms with Gasteiger partial charge in [-0.1, -0.05) is 30.3 Å². The summed E-state index contributed by atoms with van der Waals surface area (Å²) >= 11 is 0. The van der Waals surface area contributed by atoms with Gasteiger partial charge in [-0.25, -0.2) is 4.98 Å². The van der Waals surface area contributed by atoms with Crippen LogP contribution in [0.1, 0.15) is 46.4 Å². The third-order valence-electron chi connectivity index (χ3n) is 5.04. The molecule has 0 aliphatic heterocycles. The van der Waals surface area contributed by atoms with Crippen molar-refractivity contribution in [3.05, 3.63) is 77.0 Å². The van der Waals surface area contributed by atoms with Gasteiger partial charge < -0.3 is 10.6 Å². The highest BCUT2D eigenvalue weighted by atomic mass is 16.1. The lowest BCUT2D eigenvalue weighted by atomic mass is 9.97. The molecular formula is C22H22N4O. The number of hydrogen-bond donors (Lipinski definition) is 2. The van der Waals surface area contributed by atoms with Crippen LogP contribution < -0.4 is 10.6 Å². The molecule has 0 spiro atoms. The number of Topliss-reactive ketones (excluding diaryl/α,β-unsaturated/α-hetero) is 1. The number of nitrogens with one attached hydrogen (secondary N) is 2. The molecule has 3 aromatic rings. The van der Waals surface area contributed by atoms with Gasteiger partial charge in [0.25, 0.3) is 0 Å². The number of rotatable bonds is 5. The van der Waals surface area contributed by atoms with Crippen LogP contribution in [0.3, 0.4) is 0 Å². The minimum atomic E-state index is 0.0542. The molecule has 27 heavy (non-hydrogen) atoms. The van der Waals surface area contributed by atoms with Crippen molar-refractivity contribution in [2.24, 2.45) is 0 Å². The fraction of sp³-hybridized carbons (Fsp3) is 0.227. The van der Waals surface area contributed by atoms with Crippen molar-refractivity contribution in [2.45, 2.75) is 25.7 Å². The molecule has 1 heterocycles. The van der Waals surface area contributed by atoms with E-state index in [1.807, 2.05) is 37.4 Å². The van der Waals surface area contributed by atoms with Crippen molar-refractivity contribution in [2.75, 3.05) is 17.7 Å². The van der Waals surface area contributed by atoms with Crippen molar-refractivity contribution >= 4 is 23.2 Å². The summed E-state index contributed by atoms with van der Waals surface area (Å²) in [6.45, 7) is 1.56. The minimum absolute atomic E-state index is 0.0542. The third-order valence-corrected chi connectivity index (χ3v) is 5.04. The van der Waals surface area contributed by atoms with E-state index < -0.39 is 0 Å². The zero-order chi connectivity index (χ0) is 18.8. The summed E-state index contributed by atoms with van der Waals surface area (Å²) in [5.41, 5.74) is 5.12. The van der Waals surface area contributed by atoms with Gasteiger partial charge in [-0.15, -0.1) is 0 Å². The summed E-state index contributed by atoms with van der Waals surface area (Å²) < 4.78 is 0. The highest BCUT2D eigenvalue weighted by Crippen LogP contribution is 2.40. The molecule has 4 rings (SSSR count). The van der Waals surface area contributed by atoms with Crippen LogP contribution in [-0.2, 0) is 6.42 Å². The van der Waals surface area contributed by atoms with E-state index in [4.69, 9.17) is 4.98 Å². The second-order valence-corrected chi connectivity index (χ2v) is 6.77. The predicted octanol–water partition coefficient (Wildman–Crippen LogP) is 4.54. The first-order valence-electron chi connectivity index (χ1n) is 9.17. The highest BCUT2D eigenvalue weighted by Gasteiger charge is 2.29. The second-order valence-electron chi connectivity index (χ2n) is 6.77.